The van der Waals surface area contributed by atoms with Crippen LogP contribution in [0.15, 0.2) is 47.3 Å². The quantitative estimate of drug-likeness (QED) is 0.784. The summed E-state index contributed by atoms with van der Waals surface area (Å²) < 4.78 is 0. The van der Waals surface area contributed by atoms with Crippen LogP contribution in [0.25, 0.3) is 11.1 Å². The van der Waals surface area contributed by atoms with Crippen LogP contribution in [0.2, 0.25) is 0 Å². The third kappa shape index (κ3) is 3.03. The van der Waals surface area contributed by atoms with Gasteiger partial charge >= 0.3 is 0 Å². The highest BCUT2D eigenvalue weighted by molar-refractivity contribution is 5.71. The number of nitriles is 1. The highest BCUT2D eigenvalue weighted by Crippen LogP contribution is 2.24. The molecule has 0 aromatic heterocycles. The number of benzene rings is 1. The molecule has 2 rings (SSSR count). The van der Waals surface area contributed by atoms with E-state index in [1.807, 2.05) is 64.1 Å². The molecule has 0 aliphatic rings. The minimum absolute atomic E-state index is 0.00662. The molecule has 0 atom stereocenters. The molecule has 0 saturated carbocycles. The SMILES string of the molecule is Cc1ccc(-c2ccccc(C(C)(C)C)c2=O)c(C#N)c1. The summed E-state index contributed by atoms with van der Waals surface area (Å²) in [6.45, 7) is 8.00. The summed E-state index contributed by atoms with van der Waals surface area (Å²) in [4.78, 5) is 12.9. The van der Waals surface area contributed by atoms with Gasteiger partial charge in [-0.1, -0.05) is 57.2 Å². The molecule has 106 valence electrons. The van der Waals surface area contributed by atoms with Crippen LogP contribution in [0.3, 0.4) is 0 Å². The van der Waals surface area contributed by atoms with Crippen LogP contribution in [0.1, 0.15) is 37.5 Å². The van der Waals surface area contributed by atoms with Crippen LogP contribution in [-0.2, 0) is 5.41 Å². The van der Waals surface area contributed by atoms with Crippen LogP contribution in [0.5, 0.6) is 0 Å². The Morgan fingerprint density at radius 3 is 2.29 bits per heavy atom. The first-order valence-electron chi connectivity index (χ1n) is 6.99. The first-order valence-corrected chi connectivity index (χ1v) is 6.99. The maximum Gasteiger partial charge on any atom is 0.190 e. The molecule has 0 saturated heterocycles. The van der Waals surface area contributed by atoms with Crippen molar-refractivity contribution in [3.63, 3.8) is 0 Å². The predicted octanol–water partition coefficient (Wildman–Crippen LogP) is 4.19. The topological polar surface area (TPSA) is 40.9 Å². The van der Waals surface area contributed by atoms with Crippen LogP contribution in [0, 0.1) is 18.3 Å². The standard InChI is InChI=1S/C19H19NO/c1-13-9-10-15(14(11-13)12-20)16-7-5-6-8-17(18(16)21)19(2,3)4/h5-11H,1-4H3. The minimum Gasteiger partial charge on any atom is -0.289 e. The molecule has 2 nitrogen and oxygen atoms in total. The van der Waals surface area contributed by atoms with Gasteiger partial charge < -0.3 is 0 Å². The summed E-state index contributed by atoms with van der Waals surface area (Å²) in [5.74, 6) is 0. The van der Waals surface area contributed by atoms with Crippen molar-refractivity contribution in [1.29, 1.82) is 5.26 Å². The average Bonchev–Trinajstić information content (AvgIpc) is 2.60. The van der Waals surface area contributed by atoms with Gasteiger partial charge in [-0.2, -0.15) is 5.26 Å². The fourth-order valence-corrected chi connectivity index (χ4v) is 2.39. The van der Waals surface area contributed by atoms with Gasteiger partial charge in [0.2, 0.25) is 0 Å². The molecule has 0 unspecified atom stereocenters. The van der Waals surface area contributed by atoms with Crippen LogP contribution >= 0.6 is 0 Å². The zero-order valence-electron chi connectivity index (χ0n) is 12.9. The monoisotopic (exact) mass is 277 g/mol. The van der Waals surface area contributed by atoms with Crippen molar-refractivity contribution in [1.82, 2.24) is 0 Å². The zero-order chi connectivity index (χ0) is 15.6. The second-order valence-electron chi connectivity index (χ2n) is 6.29. The Bertz CT molecular complexity index is 777. The van der Waals surface area contributed by atoms with Gasteiger partial charge in [-0.25, -0.2) is 0 Å². The number of nitrogens with zero attached hydrogens (tertiary/aromatic N) is 1. The van der Waals surface area contributed by atoms with Crippen molar-refractivity contribution in [3.8, 4) is 17.2 Å². The molecular weight excluding hydrogens is 258 g/mol. The van der Waals surface area contributed by atoms with E-state index in [-0.39, 0.29) is 10.8 Å². The lowest BCUT2D eigenvalue weighted by molar-refractivity contribution is 0.586. The maximum atomic E-state index is 12.9. The van der Waals surface area contributed by atoms with Crippen molar-refractivity contribution in [2.75, 3.05) is 0 Å². The van der Waals surface area contributed by atoms with E-state index in [2.05, 4.69) is 6.07 Å². The Kier molecular flexibility index (Phi) is 3.95. The number of aryl methyl sites for hydroxylation is 1. The fourth-order valence-electron chi connectivity index (χ4n) is 2.39. The fraction of sp³-hybridized carbons (Fsp3) is 0.263. The summed E-state index contributed by atoms with van der Waals surface area (Å²) in [7, 11) is 0. The van der Waals surface area contributed by atoms with Gasteiger partial charge in [-0.05, 0) is 24.0 Å². The summed E-state index contributed by atoms with van der Waals surface area (Å²) in [6, 6.07) is 15.2. The van der Waals surface area contributed by atoms with Crippen LogP contribution < -0.4 is 5.43 Å². The Morgan fingerprint density at radius 1 is 1.00 bits per heavy atom. The molecule has 0 radical (unpaired) electrons. The summed E-state index contributed by atoms with van der Waals surface area (Å²) in [5, 5.41) is 9.33. The van der Waals surface area contributed by atoms with Crippen LogP contribution in [0.4, 0.5) is 0 Å². The van der Waals surface area contributed by atoms with Crippen molar-refractivity contribution in [3.05, 3.63) is 69.4 Å². The molecule has 0 fully saturated rings. The summed E-state index contributed by atoms with van der Waals surface area (Å²) in [6.07, 6.45) is 0. The van der Waals surface area contributed by atoms with Gasteiger partial charge in [0.15, 0.2) is 5.43 Å². The first kappa shape index (κ1) is 15.0. The molecule has 21 heavy (non-hydrogen) atoms. The van der Waals surface area contributed by atoms with E-state index in [9.17, 15) is 10.1 Å². The highest BCUT2D eigenvalue weighted by atomic mass is 16.1. The number of hydrogen-bond donors (Lipinski definition) is 0. The molecule has 0 amide bonds. The molecule has 2 aromatic carbocycles. The lowest BCUT2D eigenvalue weighted by atomic mass is 9.86. The van der Waals surface area contributed by atoms with E-state index < -0.39 is 0 Å². The number of rotatable bonds is 1. The maximum absolute atomic E-state index is 12.9. The van der Waals surface area contributed by atoms with Crippen molar-refractivity contribution in [2.24, 2.45) is 0 Å². The third-order valence-corrected chi connectivity index (χ3v) is 3.52. The van der Waals surface area contributed by atoms with Crippen molar-refractivity contribution < 1.29 is 0 Å². The second kappa shape index (κ2) is 5.54. The molecule has 2 aromatic rings. The third-order valence-electron chi connectivity index (χ3n) is 3.52. The van der Waals surface area contributed by atoms with Gasteiger partial charge in [-0.15, -0.1) is 0 Å². The Labute approximate surface area is 125 Å². The van der Waals surface area contributed by atoms with E-state index in [4.69, 9.17) is 0 Å². The van der Waals surface area contributed by atoms with Gasteiger partial charge in [0.1, 0.15) is 0 Å². The lowest BCUT2D eigenvalue weighted by Crippen LogP contribution is -2.22. The molecule has 0 heterocycles. The van der Waals surface area contributed by atoms with Crippen molar-refractivity contribution in [2.45, 2.75) is 33.1 Å². The molecular formula is C19H19NO. The molecule has 0 aliphatic carbocycles. The summed E-state index contributed by atoms with van der Waals surface area (Å²) >= 11 is 0. The second-order valence-corrected chi connectivity index (χ2v) is 6.29. The average molecular weight is 277 g/mol. The molecule has 0 aliphatic heterocycles. The summed E-state index contributed by atoms with van der Waals surface area (Å²) in [5.41, 5.74) is 3.36. The molecule has 0 N–H and O–H groups in total. The van der Waals surface area contributed by atoms with E-state index in [1.165, 1.54) is 0 Å². The molecule has 0 bridgehead atoms. The lowest BCUT2D eigenvalue weighted by Gasteiger charge is -2.17. The van der Waals surface area contributed by atoms with Gasteiger partial charge in [-0.3, -0.25) is 4.79 Å². The van der Waals surface area contributed by atoms with Crippen molar-refractivity contribution >= 4 is 0 Å². The van der Waals surface area contributed by atoms with E-state index in [0.717, 1.165) is 11.1 Å². The highest BCUT2D eigenvalue weighted by Gasteiger charge is 2.19. The Morgan fingerprint density at radius 2 is 1.67 bits per heavy atom. The van der Waals surface area contributed by atoms with Gasteiger partial charge in [0, 0.05) is 16.7 Å². The zero-order valence-corrected chi connectivity index (χ0v) is 12.9. The molecule has 0 spiro atoms. The smallest absolute Gasteiger partial charge is 0.190 e. The Hall–Kier alpha value is -2.40. The van der Waals surface area contributed by atoms with Gasteiger partial charge in [0.05, 0.1) is 11.6 Å². The van der Waals surface area contributed by atoms with E-state index in [1.54, 1.807) is 6.07 Å². The van der Waals surface area contributed by atoms with Crippen LogP contribution in [-0.4, -0.2) is 0 Å². The number of hydrogen-bond acceptors (Lipinski definition) is 2. The van der Waals surface area contributed by atoms with E-state index >= 15 is 0 Å². The minimum atomic E-state index is -0.234. The Balaban J connectivity index is 2.82. The predicted molar refractivity (Wildman–Crippen MR) is 86.3 cm³/mol. The van der Waals surface area contributed by atoms with E-state index in [0.29, 0.717) is 16.7 Å². The largest absolute Gasteiger partial charge is 0.289 e. The normalized spacial score (nSPS) is 11.0. The first-order chi connectivity index (χ1) is 9.84. The molecule has 2 heteroatoms. The van der Waals surface area contributed by atoms with Gasteiger partial charge in [0.25, 0.3) is 0 Å².